The topological polar surface area (TPSA) is 58.7 Å². The van der Waals surface area contributed by atoms with Crippen LogP contribution in [0.3, 0.4) is 0 Å². The van der Waals surface area contributed by atoms with E-state index in [1.807, 2.05) is 25.9 Å². The zero-order valence-electron chi connectivity index (χ0n) is 22.4. The summed E-state index contributed by atoms with van der Waals surface area (Å²) in [4.78, 5) is 16.6. The molecule has 0 saturated carbocycles. The lowest BCUT2D eigenvalue weighted by molar-refractivity contribution is -0.143. The summed E-state index contributed by atoms with van der Waals surface area (Å²) in [7, 11) is 3.82. The molecule has 4 nitrogen and oxygen atoms in total. The molecule has 0 aliphatic carbocycles. The van der Waals surface area contributed by atoms with Crippen LogP contribution in [0.15, 0.2) is 60.6 Å². The quantitative estimate of drug-likeness (QED) is 0.150. The highest BCUT2D eigenvalue weighted by Crippen LogP contribution is 2.37. The van der Waals surface area contributed by atoms with Crippen molar-refractivity contribution in [3.63, 3.8) is 0 Å². The maximum absolute atomic E-state index is 13.0. The highest BCUT2D eigenvalue weighted by molar-refractivity contribution is 5.80. The number of Topliss-reactive ketones (excluding diaryl/α,β-unsaturated/α-hetero) is 1. The molecule has 2 N–H and O–H groups in total. The summed E-state index contributed by atoms with van der Waals surface area (Å²) in [5, 5.41) is 0. The van der Waals surface area contributed by atoms with Gasteiger partial charge in [-0.1, -0.05) is 44.4 Å². The minimum Gasteiger partial charge on any atom is -0.390 e. The molecule has 0 radical (unpaired) electrons. The van der Waals surface area contributed by atoms with E-state index in [1.165, 1.54) is 6.08 Å². The molecule has 0 bridgehead atoms. The van der Waals surface area contributed by atoms with Crippen molar-refractivity contribution in [3.05, 3.63) is 89.0 Å². The first-order chi connectivity index (χ1) is 18.0. The Morgan fingerprint density at radius 1 is 0.974 bits per heavy atom. The second-order valence-electron chi connectivity index (χ2n) is 8.98. The Kier molecular flexibility index (Phi) is 12.4. The molecule has 2 rings (SSSR count). The first-order valence-corrected chi connectivity index (χ1v) is 11.9. The Morgan fingerprint density at radius 2 is 1.54 bits per heavy atom. The summed E-state index contributed by atoms with van der Waals surface area (Å²) in [5.41, 5.74) is 4.73. The summed E-state index contributed by atoms with van der Waals surface area (Å²) < 4.78 is 78.3. The number of allylic oxidation sites excluding steroid dienone is 2. The van der Waals surface area contributed by atoms with Crippen molar-refractivity contribution in [1.29, 1.82) is 0 Å². The molecule has 0 aromatic heterocycles. The standard InChI is InChI=1S/C22H18F6N2.C7H15NO/c1-13-5-7-17(15(3)30-12-29)8-16(13)6-4-14(2)18-9-19(21(23,24)25)11-20(10-18)22(26,27)28;1-4-5-7(9)6-8(2)3/h4-12H,2-3H2,1H3,(H2,29,30);4-6H2,1-3H3/b6-4-;. The molecule has 0 fully saturated rings. The van der Waals surface area contributed by atoms with Crippen LogP contribution >= 0.6 is 0 Å². The zero-order valence-corrected chi connectivity index (χ0v) is 22.4. The smallest absolute Gasteiger partial charge is 0.390 e. The summed E-state index contributed by atoms with van der Waals surface area (Å²) in [6.45, 7) is 11.8. The normalized spacial score (nSPS) is 12.1. The fraction of sp³-hybridized carbons (Fsp3) is 0.310. The van der Waals surface area contributed by atoms with Crippen LogP contribution in [0.25, 0.3) is 17.3 Å². The van der Waals surface area contributed by atoms with Crippen molar-refractivity contribution in [2.24, 2.45) is 10.7 Å². The minimum atomic E-state index is -4.92. The third-order valence-corrected chi connectivity index (χ3v) is 5.29. The van der Waals surface area contributed by atoms with E-state index in [0.29, 0.717) is 41.3 Å². The number of carbonyl (C=O) groups is 1. The molecule has 0 unspecified atom stereocenters. The van der Waals surface area contributed by atoms with Gasteiger partial charge in [0.2, 0.25) is 0 Å². The Labute approximate surface area is 225 Å². The third kappa shape index (κ3) is 11.3. The fourth-order valence-corrected chi connectivity index (χ4v) is 3.30. The van der Waals surface area contributed by atoms with E-state index in [2.05, 4.69) is 18.2 Å². The molecular weight excluding hydrogens is 520 g/mol. The Bertz CT molecular complexity index is 1190. The van der Waals surface area contributed by atoms with E-state index in [9.17, 15) is 31.1 Å². The molecule has 2 aromatic rings. The van der Waals surface area contributed by atoms with Gasteiger partial charge in [-0.3, -0.25) is 4.79 Å². The fourth-order valence-electron chi connectivity index (χ4n) is 3.30. The van der Waals surface area contributed by atoms with E-state index >= 15 is 0 Å². The van der Waals surface area contributed by atoms with E-state index < -0.39 is 23.5 Å². The van der Waals surface area contributed by atoms with Gasteiger partial charge in [-0.2, -0.15) is 26.3 Å². The molecule has 2 aromatic carbocycles. The minimum absolute atomic E-state index is 0.00444. The maximum atomic E-state index is 13.0. The van der Waals surface area contributed by atoms with E-state index in [0.717, 1.165) is 24.7 Å². The monoisotopic (exact) mass is 553 g/mol. The number of rotatable bonds is 9. The van der Waals surface area contributed by atoms with Crippen molar-refractivity contribution in [1.82, 2.24) is 4.90 Å². The number of aliphatic imine (C=N–C) groups is 1. The van der Waals surface area contributed by atoms with Crippen LogP contribution < -0.4 is 5.73 Å². The molecule has 0 heterocycles. The van der Waals surface area contributed by atoms with Gasteiger partial charge < -0.3 is 10.6 Å². The largest absolute Gasteiger partial charge is 0.416 e. The Morgan fingerprint density at radius 3 is 2.00 bits per heavy atom. The molecule has 0 aliphatic rings. The van der Waals surface area contributed by atoms with Gasteiger partial charge in [-0.25, -0.2) is 4.99 Å². The number of benzene rings is 2. The summed E-state index contributed by atoms with van der Waals surface area (Å²) in [6.07, 6.45) is -4.16. The number of alkyl halides is 6. The number of halogens is 6. The highest BCUT2D eigenvalue weighted by Gasteiger charge is 2.37. The number of hydrogen-bond donors (Lipinski definition) is 1. The first-order valence-electron chi connectivity index (χ1n) is 11.9. The van der Waals surface area contributed by atoms with E-state index in [1.54, 1.807) is 31.2 Å². The van der Waals surface area contributed by atoms with Crippen LogP contribution in [0.5, 0.6) is 0 Å². The molecule has 0 atom stereocenters. The van der Waals surface area contributed by atoms with Gasteiger partial charge in [0, 0.05) is 12.0 Å². The van der Waals surface area contributed by atoms with E-state index in [-0.39, 0.29) is 17.2 Å². The van der Waals surface area contributed by atoms with Crippen LogP contribution in [0, 0.1) is 6.92 Å². The molecule has 0 spiro atoms. The van der Waals surface area contributed by atoms with Crippen molar-refractivity contribution < 1.29 is 31.1 Å². The van der Waals surface area contributed by atoms with Crippen LogP contribution in [0.1, 0.15) is 53.1 Å². The van der Waals surface area contributed by atoms with Crippen molar-refractivity contribution in [2.75, 3.05) is 20.6 Å². The number of hydrogen-bond acceptors (Lipinski definition) is 3. The van der Waals surface area contributed by atoms with Crippen LogP contribution in [-0.2, 0) is 17.1 Å². The van der Waals surface area contributed by atoms with Gasteiger partial charge in [0.15, 0.2) is 0 Å². The van der Waals surface area contributed by atoms with Crippen molar-refractivity contribution >= 4 is 29.5 Å². The lowest BCUT2D eigenvalue weighted by Gasteiger charge is -2.14. The van der Waals surface area contributed by atoms with Gasteiger partial charge in [-0.05, 0) is 74.0 Å². The van der Waals surface area contributed by atoms with Crippen molar-refractivity contribution in [2.45, 2.75) is 39.0 Å². The molecule has 0 aliphatic heterocycles. The van der Waals surface area contributed by atoms with Gasteiger partial charge in [0.05, 0.1) is 29.7 Å². The van der Waals surface area contributed by atoms with Crippen LogP contribution in [0.2, 0.25) is 0 Å². The van der Waals surface area contributed by atoms with Crippen LogP contribution in [-0.4, -0.2) is 37.7 Å². The SMILES string of the molecule is C=C(/C=C\c1cc(C(=C)N=CN)ccc1C)c1cc(C(F)(F)F)cc(C(F)(F)F)c1.CCCC(=O)CN(C)C. The van der Waals surface area contributed by atoms with E-state index in [4.69, 9.17) is 5.73 Å². The van der Waals surface area contributed by atoms with Gasteiger partial charge in [-0.15, -0.1) is 0 Å². The molecular formula is C29H33F6N3O. The zero-order chi connectivity index (χ0) is 30.0. The number of nitrogens with zero attached hydrogens (tertiary/aromatic N) is 2. The van der Waals surface area contributed by atoms with Crippen molar-refractivity contribution in [3.8, 4) is 0 Å². The molecule has 212 valence electrons. The molecule has 10 heteroatoms. The summed E-state index contributed by atoms with van der Waals surface area (Å²) in [6, 6.07) is 6.63. The predicted molar refractivity (Wildman–Crippen MR) is 146 cm³/mol. The number of nitrogens with two attached hydrogens (primary N) is 1. The molecule has 39 heavy (non-hydrogen) atoms. The van der Waals surface area contributed by atoms with Crippen LogP contribution in [0.4, 0.5) is 26.3 Å². The average molecular weight is 554 g/mol. The number of carbonyl (C=O) groups excluding carboxylic acids is 1. The first kappa shape index (κ1) is 33.4. The third-order valence-electron chi connectivity index (χ3n) is 5.29. The lowest BCUT2D eigenvalue weighted by atomic mass is 9.98. The summed E-state index contributed by atoms with van der Waals surface area (Å²) >= 11 is 0. The molecule has 0 amide bonds. The second kappa shape index (κ2) is 14.5. The number of likely N-dealkylation sites (N-methyl/N-ethyl adjacent to an activating group) is 1. The second-order valence-corrected chi connectivity index (χ2v) is 8.98. The highest BCUT2D eigenvalue weighted by atomic mass is 19.4. The Hall–Kier alpha value is -3.66. The predicted octanol–water partition coefficient (Wildman–Crippen LogP) is 7.63. The van der Waals surface area contributed by atoms with Gasteiger partial charge in [0.1, 0.15) is 5.78 Å². The van der Waals surface area contributed by atoms with Gasteiger partial charge in [0.25, 0.3) is 0 Å². The number of aryl methyl sites for hydroxylation is 1. The number of ketones is 1. The van der Waals surface area contributed by atoms with Gasteiger partial charge >= 0.3 is 12.4 Å². The lowest BCUT2D eigenvalue weighted by Crippen LogP contribution is -2.21. The average Bonchev–Trinajstić information content (AvgIpc) is 2.82. The maximum Gasteiger partial charge on any atom is 0.416 e. The molecule has 0 saturated heterocycles. The Balaban J connectivity index is 0.000000724. The summed E-state index contributed by atoms with van der Waals surface area (Å²) in [5.74, 6) is 0.336.